The number of nitrogens with one attached hydrogen (secondary N) is 1. The summed E-state index contributed by atoms with van der Waals surface area (Å²) in [5.41, 5.74) is -4.74. The van der Waals surface area contributed by atoms with Crippen molar-refractivity contribution in [1.29, 1.82) is 0 Å². The van der Waals surface area contributed by atoms with E-state index >= 15 is 0 Å². The number of unbranched alkanes of at least 4 members (excludes halogenated alkanes) is 12. The molecule has 0 saturated heterocycles. The van der Waals surface area contributed by atoms with Gasteiger partial charge in [-0.3, -0.25) is 9.36 Å². The van der Waals surface area contributed by atoms with Gasteiger partial charge in [-0.05, 0) is 12.0 Å². The van der Waals surface area contributed by atoms with Gasteiger partial charge in [0.1, 0.15) is 6.10 Å². The molecule has 7 nitrogen and oxygen atoms in total. The summed E-state index contributed by atoms with van der Waals surface area (Å²) in [6.45, 7) is 2.21. The zero-order valence-electron chi connectivity index (χ0n) is 21.3. The van der Waals surface area contributed by atoms with Crippen molar-refractivity contribution >= 4 is 13.5 Å². The number of aliphatic hydroxyl groups excluding tert-OH is 2. The second kappa shape index (κ2) is 17.2. The second-order valence-corrected chi connectivity index (χ2v) is 11.2. The fourth-order valence-corrected chi connectivity index (χ4v) is 4.64. The van der Waals surface area contributed by atoms with Crippen LogP contribution in [0, 0.1) is 0 Å². The normalized spacial score (nSPS) is 14.9. The molecule has 208 valence electrons. The van der Waals surface area contributed by atoms with Crippen LogP contribution in [-0.4, -0.2) is 43.7 Å². The van der Waals surface area contributed by atoms with Crippen molar-refractivity contribution in [1.82, 2.24) is 5.32 Å². The van der Waals surface area contributed by atoms with Crippen LogP contribution in [0.4, 0.5) is 8.78 Å². The van der Waals surface area contributed by atoms with Gasteiger partial charge in [-0.2, -0.15) is 8.78 Å². The maximum absolute atomic E-state index is 14.2. The van der Waals surface area contributed by atoms with Crippen LogP contribution in [0.3, 0.4) is 0 Å². The van der Waals surface area contributed by atoms with Crippen molar-refractivity contribution < 1.29 is 38.1 Å². The van der Waals surface area contributed by atoms with Crippen LogP contribution in [0.25, 0.3) is 0 Å². The topological polar surface area (TPSA) is 127 Å². The van der Waals surface area contributed by atoms with E-state index in [-0.39, 0.29) is 12.0 Å². The summed E-state index contributed by atoms with van der Waals surface area (Å²) in [5.74, 6) is -0.682. The predicted octanol–water partition coefficient (Wildman–Crippen LogP) is 5.82. The molecule has 0 radical (unpaired) electrons. The standard InChI is InChI=1S/C26H44F2NO6P/c1-2-3-4-5-6-7-8-9-10-11-12-13-17-20-22(30)29-23(24(31)21-18-15-14-16-19-21)25(32)26(27,28)36(33,34)35/h14-16,18-19,23-25,31-32H,2-13,17,20H2,1H3,(H,29,30)(H2,33,34,35)/t23-,24-,25?/m1/s1. The van der Waals surface area contributed by atoms with Gasteiger partial charge in [-0.15, -0.1) is 0 Å². The molecular formula is C26H44F2NO6P. The summed E-state index contributed by atoms with van der Waals surface area (Å²) in [6, 6.07) is 5.47. The largest absolute Gasteiger partial charge is 0.397 e. The van der Waals surface area contributed by atoms with Crippen molar-refractivity contribution in [3.63, 3.8) is 0 Å². The van der Waals surface area contributed by atoms with Crippen LogP contribution in [-0.2, 0) is 9.36 Å². The summed E-state index contributed by atoms with van der Waals surface area (Å²) in [4.78, 5) is 30.4. The van der Waals surface area contributed by atoms with Gasteiger partial charge in [-0.1, -0.05) is 114 Å². The van der Waals surface area contributed by atoms with Gasteiger partial charge >= 0.3 is 13.3 Å². The third-order valence-electron chi connectivity index (χ3n) is 6.40. The highest BCUT2D eigenvalue weighted by Crippen LogP contribution is 2.55. The average Bonchev–Trinajstić information content (AvgIpc) is 2.84. The van der Waals surface area contributed by atoms with Crippen LogP contribution in [0.5, 0.6) is 0 Å². The number of alkyl halides is 2. The first-order valence-corrected chi connectivity index (χ1v) is 14.8. The molecule has 0 spiro atoms. The number of hydrogen-bond acceptors (Lipinski definition) is 4. The minimum absolute atomic E-state index is 0.00995. The van der Waals surface area contributed by atoms with E-state index in [1.807, 2.05) is 0 Å². The Morgan fingerprint density at radius 1 is 0.861 bits per heavy atom. The van der Waals surface area contributed by atoms with E-state index in [1.54, 1.807) is 6.07 Å². The molecule has 1 aromatic carbocycles. The van der Waals surface area contributed by atoms with Gasteiger partial charge in [0.25, 0.3) is 0 Å². The Morgan fingerprint density at radius 2 is 1.31 bits per heavy atom. The molecule has 0 fully saturated rings. The van der Waals surface area contributed by atoms with E-state index in [9.17, 15) is 28.4 Å². The van der Waals surface area contributed by atoms with Gasteiger partial charge < -0.3 is 25.3 Å². The van der Waals surface area contributed by atoms with Crippen molar-refractivity contribution in [3.05, 3.63) is 35.9 Å². The Morgan fingerprint density at radius 3 is 1.75 bits per heavy atom. The van der Waals surface area contributed by atoms with E-state index in [2.05, 4.69) is 12.2 Å². The van der Waals surface area contributed by atoms with E-state index in [0.717, 1.165) is 25.7 Å². The lowest BCUT2D eigenvalue weighted by Gasteiger charge is -2.33. The average molecular weight is 536 g/mol. The van der Waals surface area contributed by atoms with Crippen molar-refractivity contribution in [2.24, 2.45) is 0 Å². The SMILES string of the molecule is CCCCCCCCCCCCCCCC(=O)N[C@@H](C(O)C(F)(F)P(=O)(O)O)[C@H](O)c1ccccc1. The fourth-order valence-electron chi connectivity index (χ4n) is 4.14. The summed E-state index contributed by atoms with van der Waals surface area (Å²) in [7, 11) is -6.05. The van der Waals surface area contributed by atoms with E-state index in [0.29, 0.717) is 6.42 Å². The maximum atomic E-state index is 14.2. The van der Waals surface area contributed by atoms with Crippen molar-refractivity contribution in [3.8, 4) is 0 Å². The van der Waals surface area contributed by atoms with Gasteiger partial charge in [0.15, 0.2) is 6.10 Å². The summed E-state index contributed by atoms with van der Waals surface area (Å²) >= 11 is 0. The maximum Gasteiger partial charge on any atom is 0.397 e. The van der Waals surface area contributed by atoms with Gasteiger partial charge in [0, 0.05) is 6.42 Å². The molecule has 5 N–H and O–H groups in total. The number of halogens is 2. The molecule has 0 aromatic heterocycles. The lowest BCUT2D eigenvalue weighted by molar-refractivity contribution is -0.130. The van der Waals surface area contributed by atoms with Crippen molar-refractivity contribution in [2.45, 2.75) is 121 Å². The highest BCUT2D eigenvalue weighted by molar-refractivity contribution is 7.53. The summed E-state index contributed by atoms with van der Waals surface area (Å²) < 4.78 is 39.6. The zero-order valence-corrected chi connectivity index (χ0v) is 22.2. The van der Waals surface area contributed by atoms with E-state index < -0.39 is 37.4 Å². The highest BCUT2D eigenvalue weighted by atomic mass is 31.2. The first-order valence-electron chi connectivity index (χ1n) is 13.2. The van der Waals surface area contributed by atoms with Gasteiger partial charge in [0.05, 0.1) is 6.04 Å². The Kier molecular flexibility index (Phi) is 15.6. The fraction of sp³-hybridized carbons (Fsp3) is 0.731. The molecule has 1 unspecified atom stereocenters. The third kappa shape index (κ3) is 11.8. The highest BCUT2D eigenvalue weighted by Gasteiger charge is 2.58. The van der Waals surface area contributed by atoms with E-state index in [1.165, 1.54) is 75.6 Å². The molecular weight excluding hydrogens is 491 g/mol. The number of benzene rings is 1. The molecule has 1 amide bonds. The molecule has 3 atom stereocenters. The summed E-state index contributed by atoms with van der Waals surface area (Å²) in [6.07, 6.45) is 9.81. The first-order chi connectivity index (χ1) is 17.0. The molecule has 0 aliphatic heterocycles. The molecule has 0 aliphatic rings. The minimum Gasteiger partial charge on any atom is -0.386 e. The number of hydrogen-bond donors (Lipinski definition) is 5. The molecule has 0 saturated carbocycles. The van der Waals surface area contributed by atoms with E-state index in [4.69, 9.17) is 9.79 Å². The first kappa shape index (κ1) is 32.6. The Labute approximate surface area is 213 Å². The summed E-state index contributed by atoms with van der Waals surface area (Å²) in [5, 5.41) is 22.8. The van der Waals surface area contributed by atoms with Crippen LogP contribution in [0.15, 0.2) is 30.3 Å². The Hall–Kier alpha value is -1.38. The number of carbonyl (C=O) groups is 1. The van der Waals surface area contributed by atoms with Crippen molar-refractivity contribution in [2.75, 3.05) is 0 Å². The molecule has 36 heavy (non-hydrogen) atoms. The Bertz CT molecular complexity index is 777. The third-order valence-corrected chi connectivity index (χ3v) is 7.44. The van der Waals surface area contributed by atoms with Gasteiger partial charge in [0.2, 0.25) is 5.91 Å². The Balaban J connectivity index is 2.45. The second-order valence-electron chi connectivity index (χ2n) is 9.52. The zero-order chi connectivity index (χ0) is 27.0. The number of amides is 1. The monoisotopic (exact) mass is 535 g/mol. The molecule has 0 aliphatic carbocycles. The van der Waals surface area contributed by atoms with Crippen LogP contribution >= 0.6 is 7.60 Å². The van der Waals surface area contributed by atoms with Gasteiger partial charge in [-0.25, -0.2) is 0 Å². The smallest absolute Gasteiger partial charge is 0.386 e. The minimum atomic E-state index is -6.05. The molecule has 1 rings (SSSR count). The molecule has 0 heterocycles. The molecule has 10 heteroatoms. The number of rotatable bonds is 20. The van der Waals surface area contributed by atoms with Crippen LogP contribution in [0.1, 0.15) is 108 Å². The molecule has 0 bridgehead atoms. The quantitative estimate of drug-likeness (QED) is 0.106. The molecule has 1 aromatic rings. The number of aliphatic hydroxyl groups is 2. The van der Waals surface area contributed by atoms with Crippen LogP contribution < -0.4 is 5.32 Å². The van der Waals surface area contributed by atoms with Crippen LogP contribution in [0.2, 0.25) is 0 Å². The lowest BCUT2D eigenvalue weighted by Crippen LogP contribution is -2.54. The predicted molar refractivity (Wildman–Crippen MR) is 137 cm³/mol. The number of carbonyl (C=O) groups excluding carboxylic acids is 1. The lowest BCUT2D eigenvalue weighted by atomic mass is 9.97.